The second-order valence-corrected chi connectivity index (χ2v) is 4.56. The molecule has 0 aromatic rings. The summed E-state index contributed by atoms with van der Waals surface area (Å²) in [6.07, 6.45) is 4.70. The number of nitrogens with two attached hydrogens (primary N) is 1. The lowest BCUT2D eigenvalue weighted by Gasteiger charge is -2.23. The molecule has 2 fully saturated rings. The number of carbonyl (C=O) groups excluding carboxylic acids is 1. The lowest BCUT2D eigenvalue weighted by Crippen LogP contribution is -2.30. The summed E-state index contributed by atoms with van der Waals surface area (Å²) in [5.74, 6) is -1.09. The number of nitriles is 2. The Morgan fingerprint density at radius 2 is 1.87 bits per heavy atom. The van der Waals surface area contributed by atoms with Gasteiger partial charge in [0.05, 0.1) is 18.1 Å². The van der Waals surface area contributed by atoms with Crippen molar-refractivity contribution >= 4 is 5.91 Å². The maximum Gasteiger partial charge on any atom is 0.239 e. The van der Waals surface area contributed by atoms with Crippen molar-refractivity contribution in [1.82, 2.24) is 0 Å². The first-order chi connectivity index (χ1) is 7.15. The summed E-state index contributed by atoms with van der Waals surface area (Å²) in [6, 6.07) is 4.12. The molecule has 2 atom stereocenters. The van der Waals surface area contributed by atoms with Crippen LogP contribution in [0.3, 0.4) is 0 Å². The third-order valence-electron chi connectivity index (χ3n) is 4.13. The molecule has 0 heterocycles. The smallest absolute Gasteiger partial charge is 0.239 e. The minimum absolute atomic E-state index is 0.416. The maximum atomic E-state index is 11.4. The van der Waals surface area contributed by atoms with Crippen molar-refractivity contribution in [3.05, 3.63) is 0 Å². The van der Waals surface area contributed by atoms with E-state index in [2.05, 4.69) is 6.07 Å². The van der Waals surface area contributed by atoms with E-state index >= 15 is 0 Å². The second kappa shape index (κ2) is 2.97. The molecule has 2 saturated carbocycles. The van der Waals surface area contributed by atoms with E-state index in [-0.39, 0.29) is 0 Å². The van der Waals surface area contributed by atoms with Gasteiger partial charge < -0.3 is 5.73 Å². The molecule has 0 aromatic carbocycles. The summed E-state index contributed by atoms with van der Waals surface area (Å²) in [7, 11) is 0. The highest BCUT2D eigenvalue weighted by Gasteiger charge is 2.80. The van der Waals surface area contributed by atoms with Crippen molar-refractivity contribution in [3.8, 4) is 12.1 Å². The number of amides is 1. The molecular formula is C11H13N3O. The van der Waals surface area contributed by atoms with Crippen molar-refractivity contribution < 1.29 is 4.79 Å². The highest BCUT2D eigenvalue weighted by atomic mass is 16.1. The molecule has 0 saturated heterocycles. The molecule has 15 heavy (non-hydrogen) atoms. The van der Waals surface area contributed by atoms with Gasteiger partial charge in [0.2, 0.25) is 5.91 Å². The molecule has 0 aromatic heterocycles. The van der Waals surface area contributed by atoms with Crippen molar-refractivity contribution in [1.29, 1.82) is 10.5 Å². The van der Waals surface area contributed by atoms with Crippen LogP contribution in [0.4, 0.5) is 0 Å². The molecule has 2 aliphatic rings. The molecule has 0 bridgehead atoms. The number of rotatable bonds is 1. The van der Waals surface area contributed by atoms with Crippen molar-refractivity contribution in [2.24, 2.45) is 22.5 Å². The minimum atomic E-state index is -1.19. The highest BCUT2D eigenvalue weighted by molar-refractivity contribution is 5.90. The van der Waals surface area contributed by atoms with Crippen LogP contribution in [0.15, 0.2) is 0 Å². The van der Waals surface area contributed by atoms with Crippen LogP contribution < -0.4 is 5.73 Å². The molecule has 4 heteroatoms. The average molecular weight is 203 g/mol. The highest BCUT2D eigenvalue weighted by Crippen LogP contribution is 2.74. The van der Waals surface area contributed by atoms with E-state index in [1.54, 1.807) is 0 Å². The second-order valence-electron chi connectivity index (χ2n) is 4.56. The SMILES string of the molecule is N#C[C@H]1C2(CCCCC2)[C@@]1(C#N)C(N)=O. The summed E-state index contributed by atoms with van der Waals surface area (Å²) >= 11 is 0. The Kier molecular flexibility index (Phi) is 1.98. The Hall–Kier alpha value is -1.55. The number of nitrogens with zero attached hydrogens (tertiary/aromatic N) is 2. The summed E-state index contributed by atoms with van der Waals surface area (Å²) in [5.41, 5.74) is 3.69. The van der Waals surface area contributed by atoms with Crippen molar-refractivity contribution in [3.63, 3.8) is 0 Å². The van der Waals surface area contributed by atoms with Crippen LogP contribution in [0.25, 0.3) is 0 Å². The van der Waals surface area contributed by atoms with E-state index in [1.807, 2.05) is 6.07 Å². The zero-order valence-corrected chi connectivity index (χ0v) is 8.49. The molecule has 0 unspecified atom stereocenters. The fourth-order valence-electron chi connectivity index (χ4n) is 3.30. The van der Waals surface area contributed by atoms with Gasteiger partial charge in [-0.05, 0) is 12.8 Å². The fraction of sp³-hybridized carbons (Fsp3) is 0.727. The quantitative estimate of drug-likeness (QED) is 0.691. The first-order valence-electron chi connectivity index (χ1n) is 5.26. The van der Waals surface area contributed by atoms with Gasteiger partial charge in [-0.15, -0.1) is 0 Å². The van der Waals surface area contributed by atoms with Crippen molar-refractivity contribution in [2.45, 2.75) is 32.1 Å². The average Bonchev–Trinajstić information content (AvgIpc) is 2.80. The first-order valence-corrected chi connectivity index (χ1v) is 5.26. The van der Waals surface area contributed by atoms with E-state index in [4.69, 9.17) is 16.3 Å². The first kappa shape index (κ1) is 9.98. The number of hydrogen-bond donors (Lipinski definition) is 1. The normalized spacial score (nSPS) is 36.5. The van der Waals surface area contributed by atoms with Gasteiger partial charge in [-0.3, -0.25) is 4.79 Å². The van der Waals surface area contributed by atoms with Crippen LogP contribution in [-0.2, 0) is 4.79 Å². The molecule has 1 amide bonds. The van der Waals surface area contributed by atoms with Crippen LogP contribution >= 0.6 is 0 Å². The Bertz CT molecular complexity index is 384. The lowest BCUT2D eigenvalue weighted by molar-refractivity contribution is -0.122. The number of carbonyl (C=O) groups is 1. The monoisotopic (exact) mass is 203 g/mol. The standard InChI is InChI=1S/C11H13N3O/c12-6-8-10(4-2-1-3-5-10)11(8,7-13)9(14)15/h8H,1-5H2,(H2,14,15)/t8-,11+/m0/s1. The Morgan fingerprint density at radius 3 is 2.20 bits per heavy atom. The van der Waals surface area contributed by atoms with Crippen LogP contribution in [0.2, 0.25) is 0 Å². The molecule has 1 spiro atoms. The third kappa shape index (κ3) is 0.920. The van der Waals surface area contributed by atoms with Gasteiger partial charge in [-0.25, -0.2) is 0 Å². The number of primary amides is 1. The predicted octanol–water partition coefficient (Wildman–Crippen LogP) is 1.09. The lowest BCUT2D eigenvalue weighted by atomic mass is 9.79. The maximum absolute atomic E-state index is 11.4. The van der Waals surface area contributed by atoms with Crippen LogP contribution in [0.1, 0.15) is 32.1 Å². The molecule has 0 aliphatic heterocycles. The Balaban J connectivity index is 2.39. The van der Waals surface area contributed by atoms with E-state index in [0.29, 0.717) is 0 Å². The van der Waals surface area contributed by atoms with Crippen molar-refractivity contribution in [2.75, 3.05) is 0 Å². The van der Waals surface area contributed by atoms with Gasteiger partial charge >= 0.3 is 0 Å². The van der Waals surface area contributed by atoms with Gasteiger partial charge in [-0.2, -0.15) is 10.5 Å². The number of hydrogen-bond acceptors (Lipinski definition) is 3. The summed E-state index contributed by atoms with van der Waals surface area (Å²) in [6.45, 7) is 0. The predicted molar refractivity (Wildman–Crippen MR) is 51.9 cm³/mol. The van der Waals surface area contributed by atoms with Gasteiger partial charge in [0.15, 0.2) is 5.41 Å². The van der Waals surface area contributed by atoms with Crippen LogP contribution in [0.5, 0.6) is 0 Å². The van der Waals surface area contributed by atoms with E-state index in [1.165, 1.54) is 0 Å². The van der Waals surface area contributed by atoms with Gasteiger partial charge in [0.1, 0.15) is 0 Å². The fourth-order valence-corrected chi connectivity index (χ4v) is 3.30. The molecule has 2 rings (SSSR count). The molecule has 2 N–H and O–H groups in total. The molecule has 2 aliphatic carbocycles. The van der Waals surface area contributed by atoms with Crippen LogP contribution in [-0.4, -0.2) is 5.91 Å². The van der Waals surface area contributed by atoms with Gasteiger partial charge in [0, 0.05) is 5.41 Å². The third-order valence-corrected chi connectivity index (χ3v) is 4.13. The topological polar surface area (TPSA) is 90.7 Å². The van der Waals surface area contributed by atoms with Gasteiger partial charge in [0.25, 0.3) is 0 Å². The Morgan fingerprint density at radius 1 is 1.27 bits per heavy atom. The van der Waals surface area contributed by atoms with Crippen LogP contribution in [0, 0.1) is 39.4 Å². The molecule has 0 radical (unpaired) electrons. The minimum Gasteiger partial charge on any atom is -0.368 e. The molecule has 78 valence electrons. The molecular weight excluding hydrogens is 190 g/mol. The van der Waals surface area contributed by atoms with E-state index in [9.17, 15) is 4.79 Å². The molecule has 4 nitrogen and oxygen atoms in total. The van der Waals surface area contributed by atoms with E-state index in [0.717, 1.165) is 32.1 Å². The summed E-state index contributed by atoms with van der Waals surface area (Å²) < 4.78 is 0. The largest absolute Gasteiger partial charge is 0.368 e. The summed E-state index contributed by atoms with van der Waals surface area (Å²) in [5, 5.41) is 18.2. The Labute approximate surface area is 88.7 Å². The van der Waals surface area contributed by atoms with Gasteiger partial charge in [-0.1, -0.05) is 19.3 Å². The summed E-state index contributed by atoms with van der Waals surface area (Å²) in [4.78, 5) is 11.4. The zero-order valence-electron chi connectivity index (χ0n) is 8.49. The van der Waals surface area contributed by atoms with E-state index < -0.39 is 22.7 Å². The zero-order chi connectivity index (χ0) is 11.1.